The molecule has 252 valence electrons. The van der Waals surface area contributed by atoms with Gasteiger partial charge in [-0.05, 0) is 35.4 Å². The molecule has 0 aliphatic carbocycles. The molecule has 0 saturated carbocycles. The van der Waals surface area contributed by atoms with Crippen LogP contribution in [0.2, 0.25) is 0 Å². The number of hydrogen-bond acceptors (Lipinski definition) is 11. The Morgan fingerprint density at radius 1 is 0.333 bits per heavy atom. The summed E-state index contributed by atoms with van der Waals surface area (Å²) in [6, 6.07) is 16.2. The first-order chi connectivity index (χ1) is 22.4. The molecule has 2 aromatic carbocycles. The summed E-state index contributed by atoms with van der Waals surface area (Å²) in [6.45, 7) is 10.8. The highest BCUT2D eigenvalue weighted by Gasteiger charge is 2.00. The first-order valence-electron chi connectivity index (χ1n) is 15.8. The fourth-order valence-electron chi connectivity index (χ4n) is 3.95. The third kappa shape index (κ3) is 20.2. The van der Waals surface area contributed by atoms with Crippen molar-refractivity contribution < 1.29 is 47.4 Å². The largest absolute Gasteiger partial charge is 0.491 e. The molecule has 3 aliphatic rings. The van der Waals surface area contributed by atoms with Gasteiger partial charge in [0.05, 0.1) is 106 Å². The predicted molar refractivity (Wildman–Crippen MR) is 170 cm³/mol. The average Bonchev–Trinajstić information content (AvgIpc) is 3.06. The smallest absolute Gasteiger partial charge is 0.119 e. The van der Waals surface area contributed by atoms with E-state index in [1.807, 2.05) is 36.4 Å². The van der Waals surface area contributed by atoms with Crippen molar-refractivity contribution in [3.05, 3.63) is 71.8 Å². The maximum Gasteiger partial charge on any atom is 0.119 e. The first kappa shape index (κ1) is 36.9. The average molecular weight is 634 g/mol. The lowest BCUT2D eigenvalue weighted by molar-refractivity contribution is -0.00288. The minimum atomic E-state index is 0.486. The van der Waals surface area contributed by atoms with E-state index in [-0.39, 0.29) is 0 Å². The van der Waals surface area contributed by atoms with Gasteiger partial charge in [-0.1, -0.05) is 36.4 Å². The van der Waals surface area contributed by atoms with Crippen LogP contribution < -0.4 is 14.8 Å². The van der Waals surface area contributed by atoms with Crippen LogP contribution in [0.25, 0.3) is 0 Å². The van der Waals surface area contributed by atoms with Gasteiger partial charge in [0.15, 0.2) is 0 Å². The molecule has 11 nitrogen and oxygen atoms in total. The van der Waals surface area contributed by atoms with Crippen molar-refractivity contribution in [3.8, 4) is 11.5 Å². The molecule has 0 saturated heterocycles. The Morgan fingerprint density at radius 2 is 0.622 bits per heavy atom. The second-order valence-corrected chi connectivity index (χ2v) is 9.88. The predicted octanol–water partition coefficient (Wildman–Crippen LogP) is 3.44. The van der Waals surface area contributed by atoms with E-state index in [9.17, 15) is 0 Å². The van der Waals surface area contributed by atoms with Crippen LogP contribution in [0.15, 0.2) is 60.7 Å². The van der Waals surface area contributed by atoms with Crippen LogP contribution in [-0.4, -0.2) is 119 Å². The highest BCUT2D eigenvalue weighted by atomic mass is 16.6. The minimum absolute atomic E-state index is 0.486. The number of nitrogens with one attached hydrogen (secondary N) is 1. The SMILES string of the molecule is C1=C/COCCOCCOCCOCCOc2ccc(cc2)CNCc2ccc(cc2)OCCOCCOCCOCCOC/1. The second-order valence-electron chi connectivity index (χ2n) is 9.88. The molecular formula is C34H51NO10. The Balaban J connectivity index is 1.30. The summed E-state index contributed by atoms with van der Waals surface area (Å²) in [5.41, 5.74) is 2.38. The number of benzene rings is 2. The highest BCUT2D eigenvalue weighted by Crippen LogP contribution is 2.14. The number of rotatable bonds is 0. The summed E-state index contributed by atoms with van der Waals surface area (Å²) < 4.78 is 55.8. The fourth-order valence-corrected chi connectivity index (χ4v) is 3.95. The molecule has 3 heterocycles. The van der Waals surface area contributed by atoms with Gasteiger partial charge in [-0.3, -0.25) is 0 Å². The third-order valence-corrected chi connectivity index (χ3v) is 6.32. The van der Waals surface area contributed by atoms with Crippen molar-refractivity contribution in [2.75, 3.05) is 119 Å². The molecule has 0 fully saturated rings. The molecule has 0 unspecified atom stereocenters. The molecule has 0 atom stereocenters. The lowest BCUT2D eigenvalue weighted by Gasteiger charge is -2.10. The van der Waals surface area contributed by atoms with Gasteiger partial charge in [0, 0.05) is 13.1 Å². The van der Waals surface area contributed by atoms with Crippen LogP contribution in [-0.2, 0) is 51.0 Å². The van der Waals surface area contributed by atoms with E-state index in [0.717, 1.165) is 24.6 Å². The minimum Gasteiger partial charge on any atom is -0.491 e. The van der Waals surface area contributed by atoms with E-state index in [2.05, 4.69) is 29.6 Å². The monoisotopic (exact) mass is 633 g/mol. The first-order valence-corrected chi connectivity index (χ1v) is 15.8. The normalized spacial score (nSPS) is 20.6. The van der Waals surface area contributed by atoms with E-state index in [4.69, 9.17) is 47.4 Å². The van der Waals surface area contributed by atoms with Gasteiger partial charge in [-0.2, -0.15) is 0 Å². The van der Waals surface area contributed by atoms with Gasteiger partial charge in [0.1, 0.15) is 24.7 Å². The van der Waals surface area contributed by atoms with Gasteiger partial charge in [0.2, 0.25) is 0 Å². The standard InChI is InChI=1S/C34H51NO10/c1-2-12-37-14-16-39-18-20-41-22-24-43-26-28-45-34-9-5-32(6-10-34)30-35-29-31-3-7-33(8-4-31)44-27-25-42-23-21-40-19-17-38-15-13-36-11-1/h1-10,35H,11-30H2/b2-1+. The van der Waals surface area contributed by atoms with E-state index in [1.165, 1.54) is 11.1 Å². The Kier molecular flexibility index (Phi) is 21.8. The van der Waals surface area contributed by atoms with Crippen LogP contribution in [0.5, 0.6) is 11.5 Å². The number of hydrogen-bond donors (Lipinski definition) is 1. The van der Waals surface area contributed by atoms with Crippen molar-refractivity contribution in [3.63, 3.8) is 0 Å². The highest BCUT2D eigenvalue weighted by molar-refractivity contribution is 5.28. The van der Waals surface area contributed by atoms with Crippen molar-refractivity contribution >= 4 is 0 Å². The molecule has 0 amide bonds. The van der Waals surface area contributed by atoms with Crippen molar-refractivity contribution in [2.24, 2.45) is 0 Å². The lowest BCUT2D eigenvalue weighted by Crippen LogP contribution is -2.14. The quantitative estimate of drug-likeness (QED) is 0.432. The summed E-state index contributed by atoms with van der Waals surface area (Å²) in [7, 11) is 0. The van der Waals surface area contributed by atoms with Gasteiger partial charge >= 0.3 is 0 Å². The zero-order valence-corrected chi connectivity index (χ0v) is 26.5. The molecular weight excluding hydrogens is 582 g/mol. The van der Waals surface area contributed by atoms with Crippen molar-refractivity contribution in [1.29, 1.82) is 0 Å². The maximum absolute atomic E-state index is 5.78. The Bertz CT molecular complexity index is 896. The van der Waals surface area contributed by atoms with Crippen LogP contribution in [0.3, 0.4) is 0 Å². The topological polar surface area (TPSA) is 104 Å². The summed E-state index contributed by atoms with van der Waals surface area (Å²) in [5.74, 6) is 1.65. The van der Waals surface area contributed by atoms with E-state index in [0.29, 0.717) is 119 Å². The summed E-state index contributed by atoms with van der Waals surface area (Å²) in [6.07, 6.45) is 3.86. The van der Waals surface area contributed by atoms with E-state index >= 15 is 0 Å². The van der Waals surface area contributed by atoms with Crippen LogP contribution in [0.4, 0.5) is 0 Å². The molecule has 45 heavy (non-hydrogen) atoms. The summed E-state index contributed by atoms with van der Waals surface area (Å²) in [4.78, 5) is 0. The van der Waals surface area contributed by atoms with Gasteiger partial charge in [-0.15, -0.1) is 0 Å². The molecule has 0 aromatic heterocycles. The lowest BCUT2D eigenvalue weighted by atomic mass is 10.2. The molecule has 4 bridgehead atoms. The molecule has 0 radical (unpaired) electrons. The van der Waals surface area contributed by atoms with Crippen molar-refractivity contribution in [2.45, 2.75) is 13.1 Å². The van der Waals surface area contributed by atoms with E-state index < -0.39 is 0 Å². The molecule has 11 heteroatoms. The molecule has 5 rings (SSSR count). The molecule has 1 N–H and O–H groups in total. The Morgan fingerprint density at radius 3 is 0.956 bits per heavy atom. The zero-order chi connectivity index (χ0) is 31.3. The van der Waals surface area contributed by atoms with Crippen molar-refractivity contribution in [1.82, 2.24) is 5.32 Å². The summed E-state index contributed by atoms with van der Waals surface area (Å²) >= 11 is 0. The van der Waals surface area contributed by atoms with Crippen LogP contribution in [0, 0.1) is 0 Å². The number of fused-ring (bicyclic) bond motifs is 2. The van der Waals surface area contributed by atoms with Gasteiger partial charge in [-0.25, -0.2) is 0 Å². The molecule has 0 spiro atoms. The number of ether oxygens (including phenoxy) is 10. The molecule has 3 aliphatic heterocycles. The van der Waals surface area contributed by atoms with Gasteiger partial charge in [0.25, 0.3) is 0 Å². The Labute approximate surface area is 268 Å². The Hall–Kier alpha value is -2.58. The van der Waals surface area contributed by atoms with Crippen LogP contribution >= 0.6 is 0 Å². The third-order valence-electron chi connectivity index (χ3n) is 6.32. The van der Waals surface area contributed by atoms with E-state index in [1.54, 1.807) is 0 Å². The van der Waals surface area contributed by atoms with Crippen LogP contribution in [0.1, 0.15) is 11.1 Å². The summed E-state index contributed by atoms with van der Waals surface area (Å²) in [5, 5.41) is 3.48. The second kappa shape index (κ2) is 26.6. The zero-order valence-electron chi connectivity index (χ0n) is 26.5. The van der Waals surface area contributed by atoms with Gasteiger partial charge < -0.3 is 52.7 Å². The molecule has 2 aromatic rings. The fraction of sp³-hybridized carbons (Fsp3) is 0.588. The maximum atomic E-state index is 5.78.